The first-order chi connectivity index (χ1) is 15.7. The van der Waals surface area contributed by atoms with Gasteiger partial charge in [-0.1, -0.05) is 13.8 Å². The zero-order valence-electron chi connectivity index (χ0n) is 17.9. The Bertz CT molecular complexity index is 1240. The number of hydrogen-bond acceptors (Lipinski definition) is 4. The van der Waals surface area contributed by atoms with Crippen LogP contribution in [0, 0.1) is 29.2 Å². The zero-order chi connectivity index (χ0) is 24.1. The minimum Gasteiger partial charge on any atom is -0.396 e. The van der Waals surface area contributed by atoms with Gasteiger partial charge in [0.2, 0.25) is 0 Å². The van der Waals surface area contributed by atoms with E-state index in [2.05, 4.69) is 36.6 Å². The van der Waals surface area contributed by atoms with Crippen molar-refractivity contribution in [2.24, 2.45) is 5.92 Å². The van der Waals surface area contributed by atoms with E-state index < -0.39 is 23.3 Å². The molecule has 0 spiro atoms. The highest BCUT2D eigenvalue weighted by Crippen LogP contribution is 2.35. The van der Waals surface area contributed by atoms with Gasteiger partial charge in [0.15, 0.2) is 5.82 Å². The average Bonchev–Trinajstić information content (AvgIpc) is 3.17. The van der Waals surface area contributed by atoms with Gasteiger partial charge >= 0.3 is 0 Å². The summed E-state index contributed by atoms with van der Waals surface area (Å²) < 4.78 is 54.9. The van der Waals surface area contributed by atoms with Gasteiger partial charge in [-0.05, 0) is 53.9 Å². The molecule has 9 heteroatoms. The summed E-state index contributed by atoms with van der Waals surface area (Å²) in [6.45, 7) is 4.74. The van der Waals surface area contributed by atoms with Crippen molar-refractivity contribution in [3.05, 3.63) is 84.3 Å². The van der Waals surface area contributed by atoms with E-state index in [-0.39, 0.29) is 21.8 Å². The lowest BCUT2D eigenvalue weighted by Gasteiger charge is -2.07. The first kappa shape index (κ1) is 24.3. The van der Waals surface area contributed by atoms with Crippen molar-refractivity contribution in [3.8, 4) is 22.4 Å². The summed E-state index contributed by atoms with van der Waals surface area (Å²) in [5.41, 5.74) is 6.97. The van der Waals surface area contributed by atoms with Gasteiger partial charge in [0.1, 0.15) is 23.1 Å². The van der Waals surface area contributed by atoms with E-state index in [9.17, 15) is 17.6 Å². The fourth-order valence-corrected chi connectivity index (χ4v) is 3.29. The van der Waals surface area contributed by atoms with E-state index in [1.54, 1.807) is 35.4 Å². The number of halogens is 4. The van der Waals surface area contributed by atoms with Crippen molar-refractivity contribution >= 4 is 18.3 Å². The molecule has 2 heterocycles. The number of rotatable bonds is 4. The molecule has 0 atom stereocenters. The summed E-state index contributed by atoms with van der Waals surface area (Å²) >= 11 is 3.65. The highest BCUT2D eigenvalue weighted by atomic mass is 32.1. The van der Waals surface area contributed by atoms with E-state index in [0.717, 1.165) is 29.8 Å². The number of nitrogen functional groups attached to an aromatic ring is 1. The third-order valence-corrected chi connectivity index (χ3v) is 4.91. The molecule has 0 aliphatic rings. The van der Waals surface area contributed by atoms with Gasteiger partial charge in [-0.15, -0.1) is 12.6 Å². The van der Waals surface area contributed by atoms with Crippen LogP contribution in [0.5, 0.6) is 0 Å². The third kappa shape index (κ3) is 5.92. The Labute approximate surface area is 194 Å². The number of anilines is 1. The third-order valence-electron chi connectivity index (χ3n) is 4.57. The summed E-state index contributed by atoms with van der Waals surface area (Å²) in [6.07, 6.45) is 5.06. The first-order valence-corrected chi connectivity index (χ1v) is 10.5. The van der Waals surface area contributed by atoms with E-state index in [4.69, 9.17) is 5.73 Å². The topological polar surface area (TPSA) is 56.7 Å². The van der Waals surface area contributed by atoms with Crippen LogP contribution in [0.15, 0.2) is 66.0 Å². The van der Waals surface area contributed by atoms with Gasteiger partial charge in [-0.25, -0.2) is 17.6 Å². The fourth-order valence-electron chi connectivity index (χ4n) is 3.09. The molecule has 4 aromatic rings. The standard InChI is InChI=1S/C18H18F2N4.C6H4F2S/c1-11(2)9-24-10-13(12-5-7-22-8-6-12)18(23-24)16-14(19)3-4-15(21)17(16)20;7-4-1-2-5(8)6(9)3-4/h3-8,10-11H,9,21H2,1-2H3;1-3,9H. The molecule has 0 saturated heterocycles. The van der Waals surface area contributed by atoms with Crippen molar-refractivity contribution in [1.29, 1.82) is 0 Å². The summed E-state index contributed by atoms with van der Waals surface area (Å²) in [6, 6.07) is 9.05. The van der Waals surface area contributed by atoms with Gasteiger partial charge in [-0.2, -0.15) is 5.10 Å². The molecule has 2 N–H and O–H groups in total. The van der Waals surface area contributed by atoms with E-state index in [1.807, 2.05) is 0 Å². The molecule has 0 radical (unpaired) electrons. The molecule has 2 aromatic heterocycles. The first-order valence-electron chi connectivity index (χ1n) is 10.0. The predicted octanol–water partition coefficient (Wildman–Crippen LogP) is 6.38. The van der Waals surface area contributed by atoms with Crippen LogP contribution in [-0.2, 0) is 6.54 Å². The van der Waals surface area contributed by atoms with Crippen molar-refractivity contribution in [1.82, 2.24) is 14.8 Å². The molecule has 0 aliphatic heterocycles. The van der Waals surface area contributed by atoms with Crippen molar-refractivity contribution < 1.29 is 17.6 Å². The van der Waals surface area contributed by atoms with Gasteiger partial charge in [-0.3, -0.25) is 9.67 Å². The Morgan fingerprint density at radius 2 is 1.64 bits per heavy atom. The highest BCUT2D eigenvalue weighted by Gasteiger charge is 2.22. The van der Waals surface area contributed by atoms with Crippen LogP contribution in [0.4, 0.5) is 23.2 Å². The van der Waals surface area contributed by atoms with Crippen LogP contribution in [0.1, 0.15) is 13.8 Å². The number of hydrogen-bond donors (Lipinski definition) is 2. The Balaban J connectivity index is 0.000000286. The zero-order valence-corrected chi connectivity index (χ0v) is 18.8. The van der Waals surface area contributed by atoms with Gasteiger partial charge < -0.3 is 5.73 Å². The molecule has 2 aromatic carbocycles. The molecule has 0 bridgehead atoms. The SMILES string of the molecule is CC(C)Cn1cc(-c2ccncc2)c(-c2c(F)ccc(N)c2F)n1.Fc1ccc(F)c(S)c1. The molecule has 0 amide bonds. The minimum atomic E-state index is -0.792. The molecule has 0 unspecified atom stereocenters. The van der Waals surface area contributed by atoms with Crippen LogP contribution >= 0.6 is 12.6 Å². The Morgan fingerprint density at radius 3 is 2.24 bits per heavy atom. The number of pyridine rings is 1. The Morgan fingerprint density at radius 1 is 0.970 bits per heavy atom. The lowest BCUT2D eigenvalue weighted by atomic mass is 10.0. The van der Waals surface area contributed by atoms with Crippen molar-refractivity contribution in [2.75, 3.05) is 5.73 Å². The summed E-state index contributed by atoms with van der Waals surface area (Å²) in [4.78, 5) is 4.02. The van der Waals surface area contributed by atoms with E-state index in [1.165, 1.54) is 6.07 Å². The number of nitrogens with zero attached hydrogens (tertiary/aromatic N) is 3. The number of nitrogens with two attached hydrogens (primary N) is 1. The largest absolute Gasteiger partial charge is 0.396 e. The van der Waals surface area contributed by atoms with Crippen LogP contribution in [0.3, 0.4) is 0 Å². The fraction of sp³-hybridized carbons (Fsp3) is 0.167. The number of benzene rings is 2. The minimum absolute atomic E-state index is 0.0370. The molecule has 4 nitrogen and oxygen atoms in total. The summed E-state index contributed by atoms with van der Waals surface area (Å²) in [5.74, 6) is -2.10. The molecular formula is C24H22F4N4S. The van der Waals surface area contributed by atoms with Crippen molar-refractivity contribution in [2.45, 2.75) is 25.3 Å². The summed E-state index contributed by atoms with van der Waals surface area (Å²) in [5, 5.41) is 4.42. The average molecular weight is 475 g/mol. The molecule has 33 heavy (non-hydrogen) atoms. The second-order valence-corrected chi connectivity index (χ2v) is 8.15. The number of thiol groups is 1. The quantitative estimate of drug-likeness (QED) is 0.205. The lowest BCUT2D eigenvalue weighted by Crippen LogP contribution is -2.05. The lowest BCUT2D eigenvalue weighted by molar-refractivity contribution is 0.483. The Kier molecular flexibility index (Phi) is 7.75. The van der Waals surface area contributed by atoms with E-state index >= 15 is 0 Å². The molecule has 0 fully saturated rings. The van der Waals surface area contributed by atoms with Crippen LogP contribution in [0.25, 0.3) is 22.4 Å². The smallest absolute Gasteiger partial charge is 0.158 e. The normalized spacial score (nSPS) is 10.8. The maximum atomic E-state index is 14.5. The maximum Gasteiger partial charge on any atom is 0.158 e. The molecule has 0 saturated carbocycles. The van der Waals surface area contributed by atoms with Crippen molar-refractivity contribution in [3.63, 3.8) is 0 Å². The van der Waals surface area contributed by atoms with Crippen LogP contribution in [-0.4, -0.2) is 14.8 Å². The molecule has 4 rings (SSSR count). The monoisotopic (exact) mass is 474 g/mol. The van der Waals surface area contributed by atoms with Gasteiger partial charge in [0.25, 0.3) is 0 Å². The summed E-state index contributed by atoms with van der Waals surface area (Å²) in [7, 11) is 0. The second kappa shape index (κ2) is 10.5. The van der Waals surface area contributed by atoms with E-state index in [0.29, 0.717) is 18.0 Å². The highest BCUT2D eigenvalue weighted by molar-refractivity contribution is 7.80. The predicted molar refractivity (Wildman–Crippen MR) is 124 cm³/mol. The van der Waals surface area contributed by atoms with Crippen LogP contribution in [0.2, 0.25) is 0 Å². The van der Waals surface area contributed by atoms with Gasteiger partial charge in [0, 0.05) is 35.6 Å². The van der Waals surface area contributed by atoms with Gasteiger partial charge in [0.05, 0.1) is 11.3 Å². The maximum absolute atomic E-state index is 14.5. The van der Waals surface area contributed by atoms with Crippen LogP contribution < -0.4 is 5.73 Å². The molecule has 172 valence electrons. The molecule has 0 aliphatic carbocycles. The number of aromatic nitrogens is 3. The Hall–Kier alpha value is -3.33. The second-order valence-electron chi connectivity index (χ2n) is 7.66. The molecular weight excluding hydrogens is 452 g/mol.